The Morgan fingerprint density at radius 3 is 2.86 bits per heavy atom. The quantitative estimate of drug-likeness (QED) is 0.749. The molecule has 1 aromatic rings. The molecule has 1 nitrogen and oxygen atoms in total. The molecule has 0 saturated carbocycles. The lowest BCUT2D eigenvalue weighted by molar-refractivity contribution is 0.600. The van der Waals surface area contributed by atoms with Crippen LogP contribution >= 0.6 is 11.6 Å². The third-order valence-corrected chi connectivity index (χ3v) is 2.60. The summed E-state index contributed by atoms with van der Waals surface area (Å²) in [4.78, 5) is 0. The van der Waals surface area contributed by atoms with Crippen LogP contribution in [0.3, 0.4) is 0 Å². The Morgan fingerprint density at radius 2 is 2.29 bits per heavy atom. The number of aryl methyl sites for hydroxylation is 1. The third-order valence-electron chi connectivity index (χ3n) is 2.37. The highest BCUT2D eigenvalue weighted by atomic mass is 35.5. The first-order valence-corrected chi connectivity index (χ1v) is 5.11. The van der Waals surface area contributed by atoms with Crippen molar-refractivity contribution in [1.82, 2.24) is 5.32 Å². The van der Waals surface area contributed by atoms with Gasteiger partial charge < -0.3 is 5.32 Å². The molecule has 0 radical (unpaired) electrons. The molecular formula is C12H16ClN. The summed E-state index contributed by atoms with van der Waals surface area (Å²) in [7, 11) is 1.95. The van der Waals surface area contributed by atoms with E-state index in [-0.39, 0.29) is 0 Å². The van der Waals surface area contributed by atoms with Crippen LogP contribution in [0.25, 0.3) is 0 Å². The van der Waals surface area contributed by atoms with Crippen LogP contribution in [-0.4, -0.2) is 7.05 Å². The van der Waals surface area contributed by atoms with E-state index >= 15 is 0 Å². The lowest BCUT2D eigenvalue weighted by Crippen LogP contribution is -2.16. The molecule has 1 atom stereocenters. The van der Waals surface area contributed by atoms with Crippen LogP contribution in [0.5, 0.6) is 0 Å². The van der Waals surface area contributed by atoms with Gasteiger partial charge in [-0.25, -0.2) is 0 Å². The molecule has 14 heavy (non-hydrogen) atoms. The molecule has 1 unspecified atom stereocenters. The maximum Gasteiger partial charge on any atom is 0.0409 e. The van der Waals surface area contributed by atoms with E-state index in [0.717, 1.165) is 11.4 Å². The van der Waals surface area contributed by atoms with Crippen molar-refractivity contribution in [3.8, 4) is 0 Å². The van der Waals surface area contributed by atoms with Crippen LogP contribution in [-0.2, 0) is 0 Å². The average Bonchev–Trinajstić information content (AvgIpc) is 2.18. The zero-order chi connectivity index (χ0) is 10.6. The number of hydrogen-bond acceptors (Lipinski definition) is 1. The summed E-state index contributed by atoms with van der Waals surface area (Å²) in [5.74, 6) is 0. The lowest BCUT2D eigenvalue weighted by Gasteiger charge is -2.17. The second kappa shape index (κ2) is 5.18. The normalized spacial score (nSPS) is 12.5. The van der Waals surface area contributed by atoms with E-state index in [1.165, 1.54) is 11.1 Å². The van der Waals surface area contributed by atoms with Gasteiger partial charge in [-0.15, -0.1) is 6.58 Å². The van der Waals surface area contributed by atoms with Crippen molar-refractivity contribution >= 4 is 11.6 Å². The second-order valence-corrected chi connectivity index (χ2v) is 3.80. The number of halogens is 1. The van der Waals surface area contributed by atoms with Crippen molar-refractivity contribution in [2.45, 2.75) is 19.4 Å². The maximum atomic E-state index is 5.96. The van der Waals surface area contributed by atoms with E-state index < -0.39 is 0 Å². The van der Waals surface area contributed by atoms with Crippen LogP contribution in [0.4, 0.5) is 0 Å². The fraction of sp³-hybridized carbons (Fsp3) is 0.333. The predicted molar refractivity (Wildman–Crippen MR) is 62.8 cm³/mol. The molecular weight excluding hydrogens is 194 g/mol. The Balaban J connectivity index is 3.01. The van der Waals surface area contributed by atoms with Gasteiger partial charge in [-0.05, 0) is 43.7 Å². The van der Waals surface area contributed by atoms with Crippen molar-refractivity contribution in [2.75, 3.05) is 7.05 Å². The molecule has 0 spiro atoms. The Hall–Kier alpha value is -0.790. The number of benzene rings is 1. The fourth-order valence-electron chi connectivity index (χ4n) is 1.55. The number of nitrogens with one attached hydrogen (secondary N) is 1. The van der Waals surface area contributed by atoms with Gasteiger partial charge >= 0.3 is 0 Å². The molecule has 0 saturated heterocycles. The van der Waals surface area contributed by atoms with Crippen molar-refractivity contribution in [3.63, 3.8) is 0 Å². The molecule has 0 amide bonds. The molecule has 0 aliphatic heterocycles. The van der Waals surface area contributed by atoms with Crippen molar-refractivity contribution < 1.29 is 0 Å². The van der Waals surface area contributed by atoms with Gasteiger partial charge in [-0.3, -0.25) is 0 Å². The summed E-state index contributed by atoms with van der Waals surface area (Å²) < 4.78 is 0. The van der Waals surface area contributed by atoms with E-state index in [1.807, 2.05) is 31.3 Å². The summed E-state index contributed by atoms with van der Waals surface area (Å²) in [6.07, 6.45) is 2.83. The first-order valence-electron chi connectivity index (χ1n) is 4.73. The highest BCUT2D eigenvalue weighted by molar-refractivity contribution is 6.30. The van der Waals surface area contributed by atoms with Gasteiger partial charge in [0.05, 0.1) is 0 Å². The summed E-state index contributed by atoms with van der Waals surface area (Å²) in [5, 5.41) is 4.04. The molecule has 76 valence electrons. The Labute approximate surface area is 90.8 Å². The van der Waals surface area contributed by atoms with Gasteiger partial charge in [0.2, 0.25) is 0 Å². The fourth-order valence-corrected chi connectivity index (χ4v) is 1.73. The second-order valence-electron chi connectivity index (χ2n) is 3.37. The highest BCUT2D eigenvalue weighted by Crippen LogP contribution is 2.24. The molecule has 1 N–H and O–H groups in total. The first-order chi connectivity index (χ1) is 6.69. The van der Waals surface area contributed by atoms with Crippen LogP contribution in [0.15, 0.2) is 30.9 Å². The summed E-state index contributed by atoms with van der Waals surface area (Å²) in [5.41, 5.74) is 2.51. The zero-order valence-electron chi connectivity index (χ0n) is 8.68. The SMILES string of the molecule is C=CCC(NC)c1cc(Cl)ccc1C. The molecule has 0 aromatic heterocycles. The van der Waals surface area contributed by atoms with Crippen LogP contribution < -0.4 is 5.32 Å². The van der Waals surface area contributed by atoms with E-state index in [0.29, 0.717) is 6.04 Å². The minimum Gasteiger partial charge on any atom is -0.313 e. The highest BCUT2D eigenvalue weighted by Gasteiger charge is 2.09. The maximum absolute atomic E-state index is 5.96. The predicted octanol–water partition coefficient (Wildman–Crippen LogP) is 3.49. The topological polar surface area (TPSA) is 12.0 Å². The zero-order valence-corrected chi connectivity index (χ0v) is 9.43. The van der Waals surface area contributed by atoms with Crippen LogP contribution in [0.2, 0.25) is 5.02 Å². The summed E-state index contributed by atoms with van der Waals surface area (Å²) >= 11 is 5.96. The van der Waals surface area contributed by atoms with Gasteiger partial charge in [-0.2, -0.15) is 0 Å². The van der Waals surface area contributed by atoms with E-state index in [1.54, 1.807) is 0 Å². The van der Waals surface area contributed by atoms with Crippen molar-refractivity contribution in [3.05, 3.63) is 47.0 Å². The van der Waals surface area contributed by atoms with Crippen molar-refractivity contribution in [2.24, 2.45) is 0 Å². The summed E-state index contributed by atoms with van der Waals surface area (Å²) in [6.45, 7) is 5.85. The largest absolute Gasteiger partial charge is 0.313 e. The first kappa shape index (κ1) is 11.3. The van der Waals surface area contributed by atoms with E-state index in [9.17, 15) is 0 Å². The van der Waals surface area contributed by atoms with E-state index in [2.05, 4.69) is 18.8 Å². The number of rotatable bonds is 4. The molecule has 1 rings (SSSR count). The van der Waals surface area contributed by atoms with Crippen LogP contribution in [0.1, 0.15) is 23.6 Å². The standard InChI is InChI=1S/C12H16ClN/c1-4-5-12(14-3)11-8-10(13)7-6-9(11)2/h4,6-8,12,14H,1,5H2,2-3H3. The van der Waals surface area contributed by atoms with Crippen LogP contribution in [0, 0.1) is 6.92 Å². The molecule has 0 bridgehead atoms. The minimum absolute atomic E-state index is 0.311. The Morgan fingerprint density at radius 1 is 1.57 bits per heavy atom. The average molecular weight is 210 g/mol. The van der Waals surface area contributed by atoms with Gasteiger partial charge in [0.25, 0.3) is 0 Å². The van der Waals surface area contributed by atoms with E-state index in [4.69, 9.17) is 11.6 Å². The van der Waals surface area contributed by atoms with Gasteiger partial charge in [0.15, 0.2) is 0 Å². The third kappa shape index (κ3) is 2.60. The molecule has 0 aliphatic rings. The molecule has 1 aromatic carbocycles. The van der Waals surface area contributed by atoms with Crippen molar-refractivity contribution in [1.29, 1.82) is 0 Å². The molecule has 2 heteroatoms. The Bertz CT molecular complexity index is 320. The van der Waals surface area contributed by atoms with Gasteiger partial charge in [-0.1, -0.05) is 23.7 Å². The molecule has 0 heterocycles. The molecule has 0 fully saturated rings. The smallest absolute Gasteiger partial charge is 0.0409 e. The van der Waals surface area contributed by atoms with Gasteiger partial charge in [0, 0.05) is 11.1 Å². The minimum atomic E-state index is 0.311. The summed E-state index contributed by atoms with van der Waals surface area (Å²) in [6, 6.07) is 6.29. The monoisotopic (exact) mass is 209 g/mol. The Kier molecular flexibility index (Phi) is 4.18. The number of hydrogen-bond donors (Lipinski definition) is 1. The lowest BCUT2D eigenvalue weighted by atomic mass is 9.99. The molecule has 0 aliphatic carbocycles. The van der Waals surface area contributed by atoms with Gasteiger partial charge in [0.1, 0.15) is 0 Å².